The summed E-state index contributed by atoms with van der Waals surface area (Å²) >= 11 is 0. The number of nitrogens with zero attached hydrogens (tertiary/aromatic N) is 1. The molecule has 4 nitrogen and oxygen atoms in total. The number of hydrogen-bond donors (Lipinski definition) is 1. The van der Waals surface area contributed by atoms with Crippen molar-refractivity contribution in [1.82, 2.24) is 10.2 Å². The van der Waals surface area contributed by atoms with Crippen molar-refractivity contribution in [2.75, 3.05) is 24.6 Å². The van der Waals surface area contributed by atoms with E-state index in [4.69, 9.17) is 0 Å². The first-order valence-electron chi connectivity index (χ1n) is 7.75. The Kier molecular flexibility index (Phi) is 5.26. The smallest absolute Gasteiger partial charge is 0.150 e. The van der Waals surface area contributed by atoms with Crippen molar-refractivity contribution >= 4 is 9.84 Å². The number of hydrogen-bond acceptors (Lipinski definition) is 4. The van der Waals surface area contributed by atoms with E-state index in [0.717, 1.165) is 32.4 Å². The summed E-state index contributed by atoms with van der Waals surface area (Å²) in [6.45, 7) is 6.62. The second-order valence-electron chi connectivity index (χ2n) is 6.04. The van der Waals surface area contributed by atoms with E-state index in [-0.39, 0.29) is 0 Å². The minimum absolute atomic E-state index is 0.385. The van der Waals surface area contributed by atoms with E-state index in [1.165, 1.54) is 12.8 Å². The third kappa shape index (κ3) is 3.92. The molecule has 0 saturated carbocycles. The second-order valence-corrected chi connectivity index (χ2v) is 8.34. The summed E-state index contributed by atoms with van der Waals surface area (Å²) in [6.07, 6.45) is 5.24. The number of piperazine rings is 1. The summed E-state index contributed by atoms with van der Waals surface area (Å²) in [6, 6.07) is 1.65. The molecule has 2 aliphatic heterocycles. The maximum absolute atomic E-state index is 11.6. The van der Waals surface area contributed by atoms with Gasteiger partial charge in [-0.1, -0.05) is 20.3 Å². The monoisotopic (exact) mass is 288 g/mol. The molecule has 2 aliphatic rings. The topological polar surface area (TPSA) is 49.4 Å². The van der Waals surface area contributed by atoms with Gasteiger partial charge in [-0.2, -0.15) is 0 Å². The highest BCUT2D eigenvalue weighted by atomic mass is 32.2. The Morgan fingerprint density at radius 3 is 2.47 bits per heavy atom. The highest BCUT2D eigenvalue weighted by Crippen LogP contribution is 2.24. The zero-order valence-electron chi connectivity index (χ0n) is 12.3. The molecule has 2 heterocycles. The van der Waals surface area contributed by atoms with Crippen LogP contribution in [-0.4, -0.2) is 56.0 Å². The van der Waals surface area contributed by atoms with Crippen LogP contribution in [0.3, 0.4) is 0 Å². The fourth-order valence-corrected chi connectivity index (χ4v) is 4.93. The molecule has 0 aliphatic carbocycles. The Morgan fingerprint density at radius 1 is 1.21 bits per heavy atom. The number of nitrogens with one attached hydrogen (secondary N) is 1. The summed E-state index contributed by atoms with van der Waals surface area (Å²) in [7, 11) is -2.74. The molecule has 0 aromatic rings. The highest BCUT2D eigenvalue weighted by Gasteiger charge is 2.34. The SMILES string of the molecule is CCCC1CN(C2CCS(=O)(=O)CC2)C(CC)CN1. The van der Waals surface area contributed by atoms with Crippen LogP contribution in [0, 0.1) is 0 Å². The van der Waals surface area contributed by atoms with Gasteiger partial charge in [0.05, 0.1) is 11.5 Å². The molecule has 19 heavy (non-hydrogen) atoms. The normalized spacial score (nSPS) is 33.4. The lowest BCUT2D eigenvalue weighted by Crippen LogP contribution is -2.60. The lowest BCUT2D eigenvalue weighted by Gasteiger charge is -2.45. The number of sulfone groups is 1. The molecule has 2 saturated heterocycles. The van der Waals surface area contributed by atoms with Gasteiger partial charge in [-0.3, -0.25) is 4.90 Å². The third-order valence-electron chi connectivity index (χ3n) is 4.64. The van der Waals surface area contributed by atoms with E-state index in [1.54, 1.807) is 0 Å². The first-order chi connectivity index (χ1) is 9.05. The van der Waals surface area contributed by atoms with Crippen LogP contribution in [0.2, 0.25) is 0 Å². The van der Waals surface area contributed by atoms with Crippen LogP contribution < -0.4 is 5.32 Å². The fraction of sp³-hybridized carbons (Fsp3) is 1.00. The zero-order valence-corrected chi connectivity index (χ0v) is 13.1. The molecule has 2 unspecified atom stereocenters. The molecular weight excluding hydrogens is 260 g/mol. The third-order valence-corrected chi connectivity index (χ3v) is 6.36. The first kappa shape index (κ1) is 15.3. The van der Waals surface area contributed by atoms with Crippen LogP contribution >= 0.6 is 0 Å². The van der Waals surface area contributed by atoms with E-state index in [0.29, 0.717) is 29.6 Å². The molecule has 0 aromatic carbocycles. The molecule has 2 fully saturated rings. The van der Waals surface area contributed by atoms with Crippen LogP contribution in [0.1, 0.15) is 46.0 Å². The van der Waals surface area contributed by atoms with Gasteiger partial charge in [0.2, 0.25) is 0 Å². The Morgan fingerprint density at radius 2 is 1.89 bits per heavy atom. The van der Waals surface area contributed by atoms with Crippen LogP contribution in [0.5, 0.6) is 0 Å². The van der Waals surface area contributed by atoms with Gasteiger partial charge < -0.3 is 5.32 Å². The molecule has 1 N–H and O–H groups in total. The summed E-state index contributed by atoms with van der Waals surface area (Å²) in [5, 5.41) is 3.65. The van der Waals surface area contributed by atoms with Gasteiger partial charge in [0, 0.05) is 31.2 Å². The molecule has 2 rings (SSSR count). The van der Waals surface area contributed by atoms with Gasteiger partial charge in [-0.15, -0.1) is 0 Å². The maximum Gasteiger partial charge on any atom is 0.150 e. The lowest BCUT2D eigenvalue weighted by molar-refractivity contribution is 0.0709. The average Bonchev–Trinajstić information content (AvgIpc) is 2.39. The standard InChI is InChI=1S/C14H28N2O2S/c1-3-5-12-11-16(13(4-2)10-15-12)14-6-8-19(17,18)9-7-14/h12-15H,3-11H2,1-2H3. The molecule has 5 heteroatoms. The van der Waals surface area contributed by atoms with Crippen LogP contribution in [0.15, 0.2) is 0 Å². The average molecular weight is 288 g/mol. The lowest BCUT2D eigenvalue weighted by atomic mass is 9.98. The summed E-state index contributed by atoms with van der Waals surface area (Å²) in [4.78, 5) is 2.60. The van der Waals surface area contributed by atoms with E-state index < -0.39 is 9.84 Å². The van der Waals surface area contributed by atoms with Crippen molar-refractivity contribution in [3.05, 3.63) is 0 Å². The summed E-state index contributed by atoms with van der Waals surface area (Å²) in [5.41, 5.74) is 0. The van der Waals surface area contributed by atoms with Crippen molar-refractivity contribution in [3.63, 3.8) is 0 Å². The van der Waals surface area contributed by atoms with Crippen LogP contribution in [0.25, 0.3) is 0 Å². The van der Waals surface area contributed by atoms with E-state index in [9.17, 15) is 8.42 Å². The molecular formula is C14H28N2O2S. The minimum atomic E-state index is -2.74. The Balaban J connectivity index is 1.98. The second kappa shape index (κ2) is 6.55. The maximum atomic E-state index is 11.6. The molecule has 0 amide bonds. The number of rotatable bonds is 4. The molecule has 0 radical (unpaired) electrons. The Hall–Kier alpha value is -0.130. The first-order valence-corrected chi connectivity index (χ1v) is 9.57. The summed E-state index contributed by atoms with van der Waals surface area (Å²) in [5.74, 6) is 0.771. The van der Waals surface area contributed by atoms with E-state index >= 15 is 0 Å². The Bertz CT molecular complexity index is 369. The predicted molar refractivity (Wildman–Crippen MR) is 79.2 cm³/mol. The van der Waals surface area contributed by atoms with Crippen molar-refractivity contribution in [3.8, 4) is 0 Å². The molecule has 2 atom stereocenters. The zero-order chi connectivity index (χ0) is 13.9. The molecule has 0 bridgehead atoms. The highest BCUT2D eigenvalue weighted by molar-refractivity contribution is 7.91. The van der Waals surface area contributed by atoms with Gasteiger partial charge in [0.25, 0.3) is 0 Å². The predicted octanol–water partition coefficient (Wildman–Crippen LogP) is 1.42. The van der Waals surface area contributed by atoms with Crippen molar-refractivity contribution < 1.29 is 8.42 Å². The molecule has 112 valence electrons. The van der Waals surface area contributed by atoms with Gasteiger partial charge in [-0.05, 0) is 25.7 Å². The van der Waals surface area contributed by atoms with Crippen molar-refractivity contribution in [2.45, 2.75) is 64.1 Å². The minimum Gasteiger partial charge on any atom is -0.311 e. The van der Waals surface area contributed by atoms with Crippen LogP contribution in [0.4, 0.5) is 0 Å². The largest absolute Gasteiger partial charge is 0.311 e. The Labute approximate surface area is 117 Å². The van der Waals surface area contributed by atoms with Crippen LogP contribution in [-0.2, 0) is 9.84 Å². The fourth-order valence-electron chi connectivity index (χ4n) is 3.47. The van der Waals surface area contributed by atoms with E-state index in [1.807, 2.05) is 0 Å². The molecule has 0 spiro atoms. The molecule has 0 aromatic heterocycles. The van der Waals surface area contributed by atoms with E-state index in [2.05, 4.69) is 24.1 Å². The van der Waals surface area contributed by atoms with Crippen molar-refractivity contribution in [1.29, 1.82) is 0 Å². The van der Waals surface area contributed by atoms with Gasteiger partial charge in [0.15, 0.2) is 0 Å². The quantitative estimate of drug-likeness (QED) is 0.850. The van der Waals surface area contributed by atoms with Crippen molar-refractivity contribution in [2.24, 2.45) is 0 Å². The van der Waals surface area contributed by atoms with Gasteiger partial charge >= 0.3 is 0 Å². The summed E-state index contributed by atoms with van der Waals surface area (Å²) < 4.78 is 23.1. The van der Waals surface area contributed by atoms with Gasteiger partial charge in [0.1, 0.15) is 9.84 Å². The van der Waals surface area contributed by atoms with Gasteiger partial charge in [-0.25, -0.2) is 8.42 Å².